The first-order valence-electron chi connectivity index (χ1n) is 5.51. The van der Waals surface area contributed by atoms with Crippen molar-refractivity contribution in [3.05, 3.63) is 56.3 Å². The standard InChI is InChI=1S/C14H10BrNOS/c1-8-6-18-7-10(8)14(17)9-5-16-12-4-2-3-11(15)13(9)12/h2-7,16H,1H3. The maximum atomic E-state index is 12.5. The first kappa shape index (κ1) is 11.7. The number of aryl methyl sites for hydroxylation is 1. The maximum absolute atomic E-state index is 12.5. The number of rotatable bonds is 2. The number of benzene rings is 1. The minimum Gasteiger partial charge on any atom is -0.360 e. The average molecular weight is 320 g/mol. The van der Waals surface area contributed by atoms with Crippen LogP contribution >= 0.6 is 27.3 Å². The van der Waals surface area contributed by atoms with Crippen LogP contribution in [0.25, 0.3) is 10.9 Å². The molecule has 2 heterocycles. The van der Waals surface area contributed by atoms with Gasteiger partial charge in [-0.3, -0.25) is 4.79 Å². The van der Waals surface area contributed by atoms with Crippen LogP contribution in [0.2, 0.25) is 0 Å². The number of aromatic nitrogens is 1. The second kappa shape index (κ2) is 4.37. The normalized spacial score (nSPS) is 11.0. The highest BCUT2D eigenvalue weighted by molar-refractivity contribution is 9.10. The molecule has 3 aromatic rings. The summed E-state index contributed by atoms with van der Waals surface area (Å²) in [6, 6.07) is 5.87. The molecule has 3 rings (SSSR count). The highest BCUT2D eigenvalue weighted by Crippen LogP contribution is 2.29. The van der Waals surface area contributed by atoms with E-state index in [1.54, 1.807) is 17.5 Å². The highest BCUT2D eigenvalue weighted by Gasteiger charge is 2.17. The van der Waals surface area contributed by atoms with E-state index < -0.39 is 0 Å². The lowest BCUT2D eigenvalue weighted by Gasteiger charge is -2.00. The zero-order valence-electron chi connectivity index (χ0n) is 9.66. The number of hydrogen-bond acceptors (Lipinski definition) is 2. The van der Waals surface area contributed by atoms with Crippen LogP contribution in [0.4, 0.5) is 0 Å². The van der Waals surface area contributed by atoms with Crippen molar-refractivity contribution in [2.45, 2.75) is 6.92 Å². The number of halogens is 1. The second-order valence-corrected chi connectivity index (χ2v) is 5.76. The van der Waals surface area contributed by atoms with Gasteiger partial charge in [-0.05, 0) is 30.0 Å². The fraction of sp³-hybridized carbons (Fsp3) is 0.0714. The van der Waals surface area contributed by atoms with E-state index in [0.717, 1.165) is 32.1 Å². The number of thiophene rings is 1. The van der Waals surface area contributed by atoms with Crippen molar-refractivity contribution in [2.75, 3.05) is 0 Å². The van der Waals surface area contributed by atoms with E-state index in [4.69, 9.17) is 0 Å². The van der Waals surface area contributed by atoms with Gasteiger partial charge < -0.3 is 4.98 Å². The van der Waals surface area contributed by atoms with Crippen LogP contribution in [-0.4, -0.2) is 10.8 Å². The molecule has 0 unspecified atom stereocenters. The highest BCUT2D eigenvalue weighted by atomic mass is 79.9. The minimum atomic E-state index is 0.0758. The zero-order chi connectivity index (χ0) is 12.7. The summed E-state index contributed by atoms with van der Waals surface area (Å²) < 4.78 is 0.942. The molecule has 4 heteroatoms. The van der Waals surface area contributed by atoms with E-state index in [-0.39, 0.29) is 5.78 Å². The predicted octanol–water partition coefficient (Wildman–Crippen LogP) is 4.53. The third-order valence-electron chi connectivity index (χ3n) is 3.00. The van der Waals surface area contributed by atoms with Gasteiger partial charge in [-0.15, -0.1) is 0 Å². The monoisotopic (exact) mass is 319 g/mol. The lowest BCUT2D eigenvalue weighted by Crippen LogP contribution is -2.00. The molecular weight excluding hydrogens is 310 g/mol. The molecule has 0 aliphatic heterocycles. The Bertz CT molecular complexity index is 741. The fourth-order valence-corrected chi connectivity index (χ4v) is 3.47. The van der Waals surface area contributed by atoms with Crippen LogP contribution in [0.1, 0.15) is 21.5 Å². The third kappa shape index (κ3) is 1.72. The molecule has 0 saturated heterocycles. The molecule has 2 aromatic heterocycles. The van der Waals surface area contributed by atoms with Gasteiger partial charge in [0.25, 0.3) is 0 Å². The Morgan fingerprint density at radius 1 is 1.28 bits per heavy atom. The SMILES string of the molecule is Cc1cscc1C(=O)c1c[nH]c2cccc(Br)c12. The number of fused-ring (bicyclic) bond motifs is 1. The molecule has 0 aliphatic carbocycles. The number of ketones is 1. The molecule has 0 fully saturated rings. The second-order valence-electron chi connectivity index (χ2n) is 4.16. The number of aromatic amines is 1. The molecule has 1 N–H and O–H groups in total. The van der Waals surface area contributed by atoms with Gasteiger partial charge >= 0.3 is 0 Å². The number of hydrogen-bond donors (Lipinski definition) is 1. The van der Waals surface area contributed by atoms with Crippen LogP contribution in [-0.2, 0) is 0 Å². The van der Waals surface area contributed by atoms with E-state index in [0.29, 0.717) is 0 Å². The minimum absolute atomic E-state index is 0.0758. The molecular formula is C14H10BrNOS. The third-order valence-corrected chi connectivity index (χ3v) is 4.52. The lowest BCUT2D eigenvalue weighted by molar-refractivity contribution is 0.104. The van der Waals surface area contributed by atoms with Gasteiger partial charge in [-0.25, -0.2) is 0 Å². The molecule has 0 aliphatic rings. The summed E-state index contributed by atoms with van der Waals surface area (Å²) in [4.78, 5) is 15.7. The number of carbonyl (C=O) groups is 1. The molecule has 18 heavy (non-hydrogen) atoms. The molecule has 0 radical (unpaired) electrons. The van der Waals surface area contributed by atoms with Crippen LogP contribution in [0.3, 0.4) is 0 Å². The number of carbonyl (C=O) groups excluding carboxylic acids is 1. The summed E-state index contributed by atoms with van der Waals surface area (Å²) in [5, 5.41) is 4.86. The molecule has 0 saturated carbocycles. The van der Waals surface area contributed by atoms with Crippen molar-refractivity contribution < 1.29 is 4.79 Å². The van der Waals surface area contributed by atoms with E-state index in [1.807, 2.05) is 35.9 Å². The van der Waals surface area contributed by atoms with Crippen molar-refractivity contribution >= 4 is 44.0 Å². The summed E-state index contributed by atoms with van der Waals surface area (Å²) in [5.74, 6) is 0.0758. The largest absolute Gasteiger partial charge is 0.360 e. The van der Waals surface area contributed by atoms with Crippen molar-refractivity contribution in [2.24, 2.45) is 0 Å². The Morgan fingerprint density at radius 3 is 2.83 bits per heavy atom. The van der Waals surface area contributed by atoms with Crippen molar-refractivity contribution in [3.8, 4) is 0 Å². The fourth-order valence-electron chi connectivity index (χ4n) is 2.06. The Balaban J connectivity index is 2.22. The summed E-state index contributed by atoms with van der Waals surface area (Å²) in [7, 11) is 0. The molecule has 2 nitrogen and oxygen atoms in total. The zero-order valence-corrected chi connectivity index (χ0v) is 12.1. The van der Waals surface area contributed by atoms with Crippen molar-refractivity contribution in [1.82, 2.24) is 4.98 Å². The molecule has 0 bridgehead atoms. The topological polar surface area (TPSA) is 32.9 Å². The van der Waals surface area contributed by atoms with Gasteiger partial charge in [0.15, 0.2) is 5.78 Å². The maximum Gasteiger partial charge on any atom is 0.196 e. The average Bonchev–Trinajstić information content (AvgIpc) is 2.95. The van der Waals surface area contributed by atoms with Crippen LogP contribution in [0, 0.1) is 6.92 Å². The van der Waals surface area contributed by atoms with Crippen molar-refractivity contribution in [1.29, 1.82) is 0 Å². The lowest BCUT2D eigenvalue weighted by atomic mass is 10.0. The summed E-state index contributed by atoms with van der Waals surface area (Å²) in [6.45, 7) is 1.97. The Morgan fingerprint density at radius 2 is 2.11 bits per heavy atom. The quantitative estimate of drug-likeness (QED) is 0.691. The van der Waals surface area contributed by atoms with Gasteiger partial charge in [-0.2, -0.15) is 11.3 Å². The summed E-state index contributed by atoms with van der Waals surface area (Å²) in [5.41, 5.74) is 3.52. The Kier molecular flexibility index (Phi) is 2.84. The van der Waals surface area contributed by atoms with Gasteiger partial charge in [-0.1, -0.05) is 22.0 Å². The van der Waals surface area contributed by atoms with E-state index in [2.05, 4.69) is 20.9 Å². The van der Waals surface area contributed by atoms with Gasteiger partial charge in [0.05, 0.1) is 0 Å². The molecule has 1 aromatic carbocycles. The molecule has 90 valence electrons. The first-order valence-corrected chi connectivity index (χ1v) is 7.25. The van der Waals surface area contributed by atoms with Gasteiger partial charge in [0.1, 0.15) is 0 Å². The van der Waals surface area contributed by atoms with Gasteiger partial charge in [0.2, 0.25) is 0 Å². The summed E-state index contributed by atoms with van der Waals surface area (Å²) >= 11 is 5.07. The molecule has 0 spiro atoms. The first-order chi connectivity index (χ1) is 8.68. The molecule has 0 atom stereocenters. The van der Waals surface area contributed by atoms with Gasteiger partial charge in [0, 0.05) is 38.1 Å². The van der Waals surface area contributed by atoms with Crippen LogP contribution in [0.15, 0.2) is 39.6 Å². The predicted molar refractivity (Wildman–Crippen MR) is 78.5 cm³/mol. The van der Waals surface area contributed by atoms with Crippen molar-refractivity contribution in [3.63, 3.8) is 0 Å². The van der Waals surface area contributed by atoms with Crippen LogP contribution in [0.5, 0.6) is 0 Å². The van der Waals surface area contributed by atoms with E-state index in [9.17, 15) is 4.79 Å². The Labute approximate surface area is 117 Å². The van der Waals surface area contributed by atoms with Crippen LogP contribution < -0.4 is 0 Å². The summed E-state index contributed by atoms with van der Waals surface area (Å²) in [6.07, 6.45) is 1.79. The number of H-pyrrole nitrogens is 1. The smallest absolute Gasteiger partial charge is 0.196 e. The van der Waals surface area contributed by atoms with E-state index in [1.165, 1.54) is 0 Å². The van der Waals surface area contributed by atoms with E-state index >= 15 is 0 Å². The number of nitrogens with one attached hydrogen (secondary N) is 1. The molecule has 0 amide bonds. The Hall–Kier alpha value is -1.39.